The summed E-state index contributed by atoms with van der Waals surface area (Å²) in [5.74, 6) is 0. The summed E-state index contributed by atoms with van der Waals surface area (Å²) in [6, 6.07) is 0. The second-order valence-electron chi connectivity index (χ2n) is 4.94. The van der Waals surface area contributed by atoms with Crippen LogP contribution in [-0.2, 0) is 4.74 Å². The normalized spacial score (nSPS) is 12.9. The smallest absolute Gasteiger partial charge is 0.0547 e. The molecule has 0 amide bonds. The third kappa shape index (κ3) is 12.0. The van der Waals surface area contributed by atoms with E-state index >= 15 is 0 Å². The molecule has 0 N–H and O–H groups in total. The zero-order valence-electron chi connectivity index (χ0n) is 11.8. The van der Waals surface area contributed by atoms with Gasteiger partial charge in [0.2, 0.25) is 0 Å². The number of hydrogen-bond acceptors (Lipinski definition) is 1. The van der Waals surface area contributed by atoms with Crippen molar-refractivity contribution in [3.63, 3.8) is 0 Å². The van der Waals surface area contributed by atoms with Gasteiger partial charge in [0.25, 0.3) is 0 Å². The van der Waals surface area contributed by atoms with Gasteiger partial charge in [0.15, 0.2) is 0 Å². The molecule has 0 radical (unpaired) electrons. The van der Waals surface area contributed by atoms with E-state index in [1.165, 1.54) is 64.2 Å². The van der Waals surface area contributed by atoms with Gasteiger partial charge < -0.3 is 4.74 Å². The minimum Gasteiger partial charge on any atom is -0.379 e. The molecule has 0 aliphatic heterocycles. The van der Waals surface area contributed by atoms with Gasteiger partial charge in [-0.05, 0) is 19.8 Å². The average molecular weight is 228 g/mol. The molecule has 0 heterocycles. The first-order valence-corrected chi connectivity index (χ1v) is 7.42. The Morgan fingerprint density at radius 3 is 1.94 bits per heavy atom. The summed E-state index contributed by atoms with van der Waals surface area (Å²) in [6.45, 7) is 7.65. The van der Waals surface area contributed by atoms with Crippen LogP contribution < -0.4 is 0 Å². The quantitative estimate of drug-likeness (QED) is 0.410. The molecule has 0 aromatic rings. The minimum absolute atomic E-state index is 0.474. The Bertz CT molecular complexity index is 123. The average Bonchev–Trinajstić information content (AvgIpc) is 2.28. The van der Waals surface area contributed by atoms with Crippen molar-refractivity contribution in [2.24, 2.45) is 0 Å². The van der Waals surface area contributed by atoms with Crippen LogP contribution in [-0.4, -0.2) is 12.7 Å². The molecule has 1 heteroatoms. The maximum Gasteiger partial charge on any atom is 0.0547 e. The predicted molar refractivity (Wildman–Crippen MR) is 72.9 cm³/mol. The minimum atomic E-state index is 0.474. The SMILES string of the molecule is CCCCCCCCCC(C)OCCCC. The summed E-state index contributed by atoms with van der Waals surface area (Å²) in [7, 11) is 0. The van der Waals surface area contributed by atoms with Crippen molar-refractivity contribution in [3.8, 4) is 0 Å². The van der Waals surface area contributed by atoms with Gasteiger partial charge in [0, 0.05) is 6.61 Å². The van der Waals surface area contributed by atoms with Crippen molar-refractivity contribution >= 4 is 0 Å². The van der Waals surface area contributed by atoms with E-state index in [2.05, 4.69) is 20.8 Å². The van der Waals surface area contributed by atoms with Crippen molar-refractivity contribution in [1.82, 2.24) is 0 Å². The lowest BCUT2D eigenvalue weighted by molar-refractivity contribution is 0.0565. The van der Waals surface area contributed by atoms with Gasteiger partial charge in [0.05, 0.1) is 6.10 Å². The fourth-order valence-corrected chi connectivity index (χ4v) is 1.90. The summed E-state index contributed by atoms with van der Waals surface area (Å²) in [6.07, 6.45) is 14.0. The zero-order chi connectivity index (χ0) is 12.1. The fraction of sp³-hybridized carbons (Fsp3) is 1.00. The first kappa shape index (κ1) is 16.0. The Hall–Kier alpha value is -0.0400. The molecule has 0 spiro atoms. The number of ether oxygens (including phenoxy) is 1. The van der Waals surface area contributed by atoms with Crippen LogP contribution in [0.1, 0.15) is 85.0 Å². The van der Waals surface area contributed by atoms with E-state index in [1.807, 2.05) is 0 Å². The van der Waals surface area contributed by atoms with Crippen molar-refractivity contribution in [2.45, 2.75) is 91.1 Å². The van der Waals surface area contributed by atoms with Gasteiger partial charge in [-0.2, -0.15) is 0 Å². The lowest BCUT2D eigenvalue weighted by Crippen LogP contribution is -2.08. The molecule has 0 saturated heterocycles. The number of unbranched alkanes of at least 4 members (excludes halogenated alkanes) is 7. The summed E-state index contributed by atoms with van der Waals surface area (Å²) < 4.78 is 5.73. The maximum absolute atomic E-state index is 5.73. The first-order valence-electron chi connectivity index (χ1n) is 7.42. The van der Waals surface area contributed by atoms with Gasteiger partial charge in [-0.15, -0.1) is 0 Å². The van der Waals surface area contributed by atoms with Gasteiger partial charge in [-0.25, -0.2) is 0 Å². The van der Waals surface area contributed by atoms with Gasteiger partial charge in [0.1, 0.15) is 0 Å². The van der Waals surface area contributed by atoms with E-state index in [0.29, 0.717) is 6.10 Å². The van der Waals surface area contributed by atoms with Crippen LogP contribution in [0, 0.1) is 0 Å². The molecule has 16 heavy (non-hydrogen) atoms. The van der Waals surface area contributed by atoms with E-state index < -0.39 is 0 Å². The highest BCUT2D eigenvalue weighted by Crippen LogP contribution is 2.11. The Balaban J connectivity index is 3.06. The first-order chi connectivity index (χ1) is 7.81. The van der Waals surface area contributed by atoms with Crippen molar-refractivity contribution in [2.75, 3.05) is 6.61 Å². The second kappa shape index (κ2) is 13.0. The van der Waals surface area contributed by atoms with Gasteiger partial charge in [-0.3, -0.25) is 0 Å². The zero-order valence-corrected chi connectivity index (χ0v) is 11.8. The Labute approximate surface area is 103 Å². The van der Waals surface area contributed by atoms with Crippen molar-refractivity contribution in [1.29, 1.82) is 0 Å². The maximum atomic E-state index is 5.73. The second-order valence-corrected chi connectivity index (χ2v) is 4.94. The van der Waals surface area contributed by atoms with Crippen LogP contribution in [0.4, 0.5) is 0 Å². The Morgan fingerprint density at radius 1 is 0.750 bits per heavy atom. The molecule has 0 bridgehead atoms. The molecule has 0 saturated carbocycles. The van der Waals surface area contributed by atoms with E-state index in [1.54, 1.807) is 0 Å². The van der Waals surface area contributed by atoms with E-state index in [-0.39, 0.29) is 0 Å². The van der Waals surface area contributed by atoms with Crippen LogP contribution in [0.25, 0.3) is 0 Å². The van der Waals surface area contributed by atoms with E-state index in [9.17, 15) is 0 Å². The van der Waals surface area contributed by atoms with Crippen LogP contribution >= 0.6 is 0 Å². The van der Waals surface area contributed by atoms with Crippen LogP contribution in [0.2, 0.25) is 0 Å². The molecule has 1 atom stereocenters. The molecule has 0 aliphatic rings. The molecule has 1 nitrogen and oxygen atoms in total. The molecular formula is C15H32O. The Morgan fingerprint density at radius 2 is 1.31 bits per heavy atom. The van der Waals surface area contributed by atoms with Crippen LogP contribution in [0.15, 0.2) is 0 Å². The highest BCUT2D eigenvalue weighted by molar-refractivity contribution is 4.52. The standard InChI is InChI=1S/C15H32O/c1-4-6-8-9-10-11-12-13-15(3)16-14-7-5-2/h15H,4-14H2,1-3H3. The molecular weight excluding hydrogens is 196 g/mol. The molecule has 0 aromatic heterocycles. The number of rotatable bonds is 12. The molecule has 1 unspecified atom stereocenters. The lowest BCUT2D eigenvalue weighted by Gasteiger charge is -2.12. The topological polar surface area (TPSA) is 9.23 Å². The van der Waals surface area contributed by atoms with Gasteiger partial charge in [-0.1, -0.05) is 65.2 Å². The summed E-state index contributed by atoms with van der Waals surface area (Å²) >= 11 is 0. The van der Waals surface area contributed by atoms with Crippen molar-refractivity contribution in [3.05, 3.63) is 0 Å². The molecule has 0 aromatic carbocycles. The largest absolute Gasteiger partial charge is 0.379 e. The number of hydrogen-bond donors (Lipinski definition) is 0. The van der Waals surface area contributed by atoms with Crippen LogP contribution in [0.3, 0.4) is 0 Å². The highest BCUT2D eigenvalue weighted by atomic mass is 16.5. The molecule has 98 valence electrons. The lowest BCUT2D eigenvalue weighted by atomic mass is 10.1. The monoisotopic (exact) mass is 228 g/mol. The van der Waals surface area contributed by atoms with E-state index in [0.717, 1.165) is 6.61 Å². The third-order valence-electron chi connectivity index (χ3n) is 3.11. The predicted octanol–water partition coefficient (Wildman–Crippen LogP) is 5.33. The molecule has 0 aliphatic carbocycles. The van der Waals surface area contributed by atoms with Crippen LogP contribution in [0.5, 0.6) is 0 Å². The van der Waals surface area contributed by atoms with Crippen molar-refractivity contribution < 1.29 is 4.74 Å². The molecule has 0 rings (SSSR count). The fourth-order valence-electron chi connectivity index (χ4n) is 1.90. The highest BCUT2D eigenvalue weighted by Gasteiger charge is 2.01. The van der Waals surface area contributed by atoms with E-state index in [4.69, 9.17) is 4.74 Å². The molecule has 0 fully saturated rings. The Kier molecular flexibility index (Phi) is 13.0. The third-order valence-corrected chi connectivity index (χ3v) is 3.11. The van der Waals surface area contributed by atoms with Gasteiger partial charge >= 0.3 is 0 Å². The summed E-state index contributed by atoms with van der Waals surface area (Å²) in [5, 5.41) is 0. The summed E-state index contributed by atoms with van der Waals surface area (Å²) in [4.78, 5) is 0. The summed E-state index contributed by atoms with van der Waals surface area (Å²) in [5.41, 5.74) is 0.